The Morgan fingerprint density at radius 1 is 1.03 bits per heavy atom. The van der Waals surface area contributed by atoms with Crippen molar-refractivity contribution in [2.24, 2.45) is 5.92 Å². The highest BCUT2D eigenvalue weighted by Crippen LogP contribution is 2.28. The van der Waals surface area contributed by atoms with Crippen LogP contribution >= 0.6 is 0 Å². The maximum absolute atomic E-state index is 13.8. The van der Waals surface area contributed by atoms with E-state index < -0.39 is 6.09 Å². The summed E-state index contributed by atoms with van der Waals surface area (Å²) in [6.45, 7) is 2.71. The molecule has 3 rings (SSSR count). The van der Waals surface area contributed by atoms with Crippen LogP contribution in [0.25, 0.3) is 0 Å². The van der Waals surface area contributed by atoms with E-state index in [2.05, 4.69) is 10.6 Å². The Balaban J connectivity index is 1.47. The van der Waals surface area contributed by atoms with Crippen molar-refractivity contribution in [3.8, 4) is 0 Å². The average Bonchev–Trinajstić information content (AvgIpc) is 2.73. The fourth-order valence-corrected chi connectivity index (χ4v) is 4.01. The van der Waals surface area contributed by atoms with Crippen LogP contribution < -0.4 is 10.6 Å². The van der Waals surface area contributed by atoms with Crippen LogP contribution in [-0.2, 0) is 17.8 Å². The third-order valence-electron chi connectivity index (χ3n) is 5.57. The molecular weight excluding hydrogens is 367 g/mol. The van der Waals surface area contributed by atoms with Crippen LogP contribution in [0, 0.1) is 11.7 Å². The summed E-state index contributed by atoms with van der Waals surface area (Å²) in [7, 11) is 0. The third-order valence-corrected chi connectivity index (χ3v) is 5.57. The summed E-state index contributed by atoms with van der Waals surface area (Å²) < 4.78 is 19.4. The van der Waals surface area contributed by atoms with Gasteiger partial charge in [-0.2, -0.15) is 0 Å². The topological polar surface area (TPSA) is 50.4 Å². The van der Waals surface area contributed by atoms with Crippen molar-refractivity contribution in [3.63, 3.8) is 0 Å². The smallest absolute Gasteiger partial charge is 0.407 e. The van der Waals surface area contributed by atoms with Gasteiger partial charge in [-0.25, -0.2) is 9.18 Å². The molecule has 1 amide bonds. The number of hydrogen-bond acceptors (Lipinski definition) is 3. The van der Waals surface area contributed by atoms with Gasteiger partial charge in [0.05, 0.1) is 0 Å². The molecule has 0 heterocycles. The van der Waals surface area contributed by atoms with Crippen molar-refractivity contribution in [2.75, 3.05) is 5.32 Å². The van der Waals surface area contributed by atoms with Crippen LogP contribution in [0.3, 0.4) is 0 Å². The van der Waals surface area contributed by atoms with Crippen LogP contribution in [0.4, 0.5) is 14.9 Å². The Bertz CT molecular complexity index is 790. The van der Waals surface area contributed by atoms with E-state index >= 15 is 0 Å². The zero-order chi connectivity index (χ0) is 20.5. The lowest BCUT2D eigenvalue weighted by atomic mass is 9.86. The lowest BCUT2D eigenvalue weighted by Gasteiger charge is -2.24. The molecule has 0 spiro atoms. The van der Waals surface area contributed by atoms with Gasteiger partial charge in [-0.05, 0) is 37.0 Å². The average molecular weight is 399 g/mol. The molecule has 0 bridgehead atoms. The lowest BCUT2D eigenvalue weighted by Crippen LogP contribution is -2.29. The predicted octanol–water partition coefficient (Wildman–Crippen LogP) is 6.02. The van der Waals surface area contributed by atoms with Gasteiger partial charge in [-0.3, -0.25) is 0 Å². The molecule has 4 nitrogen and oxygen atoms in total. The molecule has 1 fully saturated rings. The number of rotatable bonds is 8. The van der Waals surface area contributed by atoms with Crippen molar-refractivity contribution < 1.29 is 13.9 Å². The molecule has 1 aliphatic carbocycles. The number of nitrogens with one attached hydrogen (secondary N) is 2. The monoisotopic (exact) mass is 398 g/mol. The molecule has 29 heavy (non-hydrogen) atoms. The Hall–Kier alpha value is -2.56. The largest absolute Gasteiger partial charge is 0.447 e. The minimum Gasteiger partial charge on any atom is -0.447 e. The van der Waals surface area contributed by atoms with Crippen LogP contribution in [0.15, 0.2) is 48.5 Å². The van der Waals surface area contributed by atoms with Gasteiger partial charge in [0.15, 0.2) is 0 Å². The quantitative estimate of drug-likeness (QED) is 0.571. The number of halogens is 1. The molecule has 1 saturated carbocycles. The predicted molar refractivity (Wildman–Crippen MR) is 114 cm³/mol. The molecule has 156 valence electrons. The minimum absolute atomic E-state index is 0.0764. The fraction of sp³-hybridized carbons (Fsp3) is 0.458. The van der Waals surface area contributed by atoms with Gasteiger partial charge < -0.3 is 15.4 Å². The fourth-order valence-electron chi connectivity index (χ4n) is 4.01. The van der Waals surface area contributed by atoms with Gasteiger partial charge in [-0.1, -0.05) is 68.5 Å². The van der Waals surface area contributed by atoms with Gasteiger partial charge in [0.25, 0.3) is 0 Å². The number of alkyl carbamates (subject to hydrolysis) is 1. The highest BCUT2D eigenvalue weighted by atomic mass is 19.1. The normalized spacial score (nSPS) is 15.5. The summed E-state index contributed by atoms with van der Waals surface area (Å²) in [5.41, 5.74) is 2.40. The van der Waals surface area contributed by atoms with Gasteiger partial charge in [0.2, 0.25) is 0 Å². The first-order valence-electron chi connectivity index (χ1n) is 10.6. The highest BCUT2D eigenvalue weighted by molar-refractivity contribution is 5.68. The van der Waals surface area contributed by atoms with Crippen LogP contribution in [0.2, 0.25) is 0 Å². The molecule has 1 atom stereocenters. The van der Waals surface area contributed by atoms with Crippen molar-refractivity contribution in [3.05, 3.63) is 65.5 Å². The zero-order valence-corrected chi connectivity index (χ0v) is 17.1. The van der Waals surface area contributed by atoms with E-state index in [1.54, 1.807) is 12.1 Å². The van der Waals surface area contributed by atoms with E-state index in [0.29, 0.717) is 24.6 Å². The van der Waals surface area contributed by atoms with Crippen LogP contribution in [0.1, 0.15) is 56.6 Å². The number of carbonyl (C=O) groups excluding carboxylic acids is 1. The maximum atomic E-state index is 13.8. The van der Waals surface area contributed by atoms with Crippen LogP contribution in [0.5, 0.6) is 0 Å². The number of benzene rings is 2. The summed E-state index contributed by atoms with van der Waals surface area (Å²) in [5, 5.41) is 6.10. The second-order valence-corrected chi connectivity index (χ2v) is 7.91. The van der Waals surface area contributed by atoms with Crippen molar-refractivity contribution in [1.82, 2.24) is 5.32 Å². The standard InChI is InChI=1S/C24H31FN2O2/c1-18(15-19-9-3-2-4-10-19)29-24(28)27-17-21-12-6-8-14-23(21)26-16-20-11-5-7-13-22(20)25/h5-8,11-14,18-19,26H,2-4,9-10,15-17H2,1H3,(H,27,28). The Morgan fingerprint density at radius 3 is 2.48 bits per heavy atom. The number of para-hydroxylation sites is 1. The molecule has 1 unspecified atom stereocenters. The lowest BCUT2D eigenvalue weighted by molar-refractivity contribution is 0.0871. The molecule has 0 aromatic heterocycles. The summed E-state index contributed by atoms with van der Waals surface area (Å²) >= 11 is 0. The molecule has 2 aromatic carbocycles. The van der Waals surface area contributed by atoms with E-state index in [1.807, 2.05) is 37.3 Å². The first kappa shape index (κ1) is 21.2. The number of hydrogen-bond donors (Lipinski definition) is 2. The van der Waals surface area contributed by atoms with Crippen LogP contribution in [-0.4, -0.2) is 12.2 Å². The van der Waals surface area contributed by atoms with Gasteiger partial charge in [0.1, 0.15) is 11.9 Å². The van der Waals surface area contributed by atoms with E-state index in [4.69, 9.17) is 4.74 Å². The number of ether oxygens (including phenoxy) is 1. The summed E-state index contributed by atoms with van der Waals surface area (Å²) in [6, 6.07) is 14.4. The molecule has 0 radical (unpaired) electrons. The molecular formula is C24H31FN2O2. The van der Waals surface area contributed by atoms with Crippen molar-refractivity contribution in [2.45, 2.75) is 64.6 Å². The Kier molecular flexibility index (Phi) is 7.91. The third kappa shape index (κ3) is 6.77. The number of amides is 1. The minimum atomic E-state index is -0.391. The molecule has 0 aliphatic heterocycles. The van der Waals surface area contributed by atoms with E-state index in [1.165, 1.54) is 38.2 Å². The van der Waals surface area contributed by atoms with Crippen molar-refractivity contribution in [1.29, 1.82) is 0 Å². The second kappa shape index (κ2) is 10.8. The van der Waals surface area contributed by atoms with Gasteiger partial charge in [0, 0.05) is 24.3 Å². The maximum Gasteiger partial charge on any atom is 0.407 e. The summed E-state index contributed by atoms with van der Waals surface area (Å²) in [4.78, 5) is 12.2. The zero-order valence-electron chi connectivity index (χ0n) is 17.1. The van der Waals surface area contributed by atoms with Gasteiger partial charge >= 0.3 is 6.09 Å². The first-order chi connectivity index (χ1) is 14.1. The van der Waals surface area contributed by atoms with Gasteiger partial charge in [-0.15, -0.1) is 0 Å². The second-order valence-electron chi connectivity index (χ2n) is 7.91. The highest BCUT2D eigenvalue weighted by Gasteiger charge is 2.18. The summed E-state index contributed by atoms with van der Waals surface area (Å²) in [5.74, 6) is 0.445. The van der Waals surface area contributed by atoms with E-state index in [0.717, 1.165) is 17.7 Å². The summed E-state index contributed by atoms with van der Waals surface area (Å²) in [6.07, 6.45) is 6.88. The van der Waals surface area contributed by atoms with E-state index in [-0.39, 0.29) is 11.9 Å². The molecule has 0 saturated heterocycles. The first-order valence-corrected chi connectivity index (χ1v) is 10.6. The molecule has 5 heteroatoms. The SMILES string of the molecule is CC(CC1CCCCC1)OC(=O)NCc1ccccc1NCc1ccccc1F. The molecule has 2 aromatic rings. The number of carbonyl (C=O) groups is 1. The Labute approximate surface area is 172 Å². The molecule has 1 aliphatic rings. The Morgan fingerprint density at radius 2 is 1.72 bits per heavy atom. The van der Waals surface area contributed by atoms with E-state index in [9.17, 15) is 9.18 Å². The number of anilines is 1. The van der Waals surface area contributed by atoms with Crippen molar-refractivity contribution >= 4 is 11.8 Å². The molecule has 2 N–H and O–H groups in total.